The summed E-state index contributed by atoms with van der Waals surface area (Å²) in [4.78, 5) is 0. The van der Waals surface area contributed by atoms with Crippen molar-refractivity contribution in [1.82, 2.24) is 0 Å². The maximum atomic E-state index is 5.80. The molecule has 0 atom stereocenters. The first-order valence-corrected chi connectivity index (χ1v) is 10.2. The molecule has 1 rings (SSSR count). The van der Waals surface area contributed by atoms with E-state index in [-0.39, 0.29) is 0 Å². The topological polar surface area (TPSA) is 26.0 Å². The second-order valence-electron chi connectivity index (χ2n) is 2.57. The summed E-state index contributed by atoms with van der Waals surface area (Å²) in [5.74, 6) is 0. The molecule has 0 amide bonds. The Balaban J connectivity index is 2.79. The second kappa shape index (κ2) is 3.38. The van der Waals surface area contributed by atoms with E-state index in [1.807, 2.05) is 30.3 Å². The average Bonchev–Trinajstić information content (AvgIpc) is 1.83. The molecule has 2 N–H and O–H groups in total. The molecule has 0 bridgehead atoms. The van der Waals surface area contributed by atoms with Crippen LogP contribution in [0, 0.1) is 0 Å². The predicted octanol–water partition coefficient (Wildman–Crippen LogP) is 3.21. The van der Waals surface area contributed by atoms with Crippen molar-refractivity contribution in [1.29, 1.82) is 0 Å². The number of hydrogen-bond acceptors (Lipinski definition) is 1. The third kappa shape index (κ3) is 4.57. The van der Waals surface area contributed by atoms with Gasteiger partial charge in [-0.25, -0.2) is 0 Å². The molecule has 0 aliphatic rings. The van der Waals surface area contributed by atoms with Crippen LogP contribution in [-0.4, -0.2) is 0 Å². The normalized spacial score (nSPS) is 15.2. The quantitative estimate of drug-likeness (QED) is 0.873. The van der Waals surface area contributed by atoms with E-state index in [9.17, 15) is 0 Å². The van der Waals surface area contributed by atoms with E-state index in [2.05, 4.69) is 0 Å². The van der Waals surface area contributed by atoms with Crippen LogP contribution in [0.2, 0.25) is 0 Å². The van der Waals surface area contributed by atoms with E-state index in [4.69, 9.17) is 34.9 Å². The van der Waals surface area contributed by atoms with E-state index in [1.54, 1.807) is 0 Å². The third-order valence-corrected chi connectivity index (χ3v) is 3.90. The van der Waals surface area contributed by atoms with Gasteiger partial charge in [0.2, 0.25) is 0 Å². The Morgan fingerprint density at radius 1 is 1.08 bits per heavy atom. The standard InChI is InChI=1S/C7H7.3ClH.Cr.H2N/c1-7-5-3-2-4-6-7;;;;;/h2-6H,1H2;3*1H;;1H2/q;;;;+4;-1/p-3. The summed E-state index contributed by atoms with van der Waals surface area (Å²) in [7, 11) is 13.6. The van der Waals surface area contributed by atoms with Crippen LogP contribution in [0.5, 0.6) is 0 Å². The van der Waals surface area contributed by atoms with Gasteiger partial charge in [0.05, 0.1) is 0 Å². The molecule has 0 saturated carbocycles. The molecule has 1 aromatic rings. The van der Waals surface area contributed by atoms with Crippen LogP contribution >= 0.6 is 30.1 Å². The Kier molecular flexibility index (Phi) is 3.01. The number of benzene rings is 1. The molecular formula is C7H9Cl3CrN. The van der Waals surface area contributed by atoms with Crippen molar-refractivity contribution in [3.63, 3.8) is 0 Å². The zero-order valence-electron chi connectivity index (χ0n) is 6.21. The van der Waals surface area contributed by atoms with Gasteiger partial charge in [0, 0.05) is 0 Å². The summed E-state index contributed by atoms with van der Waals surface area (Å²) < 4.78 is 5.57. The Morgan fingerprint density at radius 2 is 1.58 bits per heavy atom. The fourth-order valence-electron chi connectivity index (χ4n) is 0.859. The second-order valence-corrected chi connectivity index (χ2v) is 16.6. The molecule has 1 aromatic carbocycles. The van der Waals surface area contributed by atoms with Gasteiger partial charge in [0.1, 0.15) is 0 Å². The van der Waals surface area contributed by atoms with Crippen LogP contribution in [0.4, 0.5) is 0 Å². The van der Waals surface area contributed by atoms with Crippen LogP contribution in [0.1, 0.15) is 5.56 Å². The Labute approximate surface area is 85.2 Å². The molecular weight excluding hydrogens is 256 g/mol. The van der Waals surface area contributed by atoms with Crippen LogP contribution in [-0.2, 0) is 14.7 Å². The molecule has 0 aliphatic carbocycles. The van der Waals surface area contributed by atoms with Crippen molar-refractivity contribution in [2.45, 2.75) is 5.28 Å². The SMILES string of the molecule is [NH2][Cr]([Cl])([Cl])([Cl])[CH2]c1ccccc1. The van der Waals surface area contributed by atoms with Gasteiger partial charge in [-0.2, -0.15) is 0 Å². The molecule has 0 heterocycles. The van der Waals surface area contributed by atoms with Gasteiger partial charge in [0.25, 0.3) is 0 Å². The minimum absolute atomic E-state index is 0.367. The van der Waals surface area contributed by atoms with Gasteiger partial charge < -0.3 is 0 Å². The van der Waals surface area contributed by atoms with Crippen molar-refractivity contribution < 1.29 is 9.46 Å². The molecule has 12 heavy (non-hydrogen) atoms. The predicted molar refractivity (Wildman–Crippen MR) is 51.9 cm³/mol. The van der Waals surface area contributed by atoms with Gasteiger partial charge in [-0.1, -0.05) is 0 Å². The van der Waals surface area contributed by atoms with Crippen LogP contribution in [0.25, 0.3) is 0 Å². The van der Waals surface area contributed by atoms with E-state index in [1.165, 1.54) is 0 Å². The molecule has 0 spiro atoms. The zero-order valence-corrected chi connectivity index (χ0v) is 9.76. The minimum atomic E-state index is -3.81. The molecule has 0 aliphatic heterocycles. The van der Waals surface area contributed by atoms with Gasteiger partial charge in [0.15, 0.2) is 0 Å². The molecule has 69 valence electrons. The number of rotatable bonds is 2. The number of halogens is 3. The summed E-state index contributed by atoms with van der Waals surface area (Å²) in [6.07, 6.45) is 0. The van der Waals surface area contributed by atoms with E-state index < -0.39 is 9.46 Å². The van der Waals surface area contributed by atoms with Crippen molar-refractivity contribution in [3.8, 4) is 0 Å². The molecule has 0 saturated heterocycles. The average molecular weight is 266 g/mol. The van der Waals surface area contributed by atoms with Crippen molar-refractivity contribution in [3.05, 3.63) is 35.9 Å². The van der Waals surface area contributed by atoms with Crippen molar-refractivity contribution in [2.75, 3.05) is 0 Å². The maximum absolute atomic E-state index is 5.80. The first kappa shape index (κ1) is 10.7. The van der Waals surface area contributed by atoms with Crippen molar-refractivity contribution >= 4 is 30.1 Å². The Bertz CT molecular complexity index is 258. The molecule has 5 heteroatoms. The number of hydrogen-bond donors (Lipinski definition) is 1. The molecule has 0 radical (unpaired) electrons. The molecule has 0 unspecified atom stereocenters. The monoisotopic (exact) mass is 264 g/mol. The first-order valence-electron chi connectivity index (χ1n) is 3.25. The van der Waals surface area contributed by atoms with E-state index in [0.29, 0.717) is 5.28 Å². The van der Waals surface area contributed by atoms with Gasteiger partial charge in [-0.05, 0) is 0 Å². The van der Waals surface area contributed by atoms with Crippen LogP contribution in [0.3, 0.4) is 0 Å². The van der Waals surface area contributed by atoms with E-state index >= 15 is 0 Å². The molecule has 0 aromatic heterocycles. The van der Waals surface area contributed by atoms with Crippen molar-refractivity contribution in [2.24, 2.45) is 4.72 Å². The summed E-state index contributed by atoms with van der Waals surface area (Å²) in [6.45, 7) is 0. The van der Waals surface area contributed by atoms with Crippen LogP contribution < -0.4 is 4.72 Å². The Morgan fingerprint density at radius 3 is 2.00 bits per heavy atom. The zero-order chi connectivity index (χ0) is 9.27. The summed E-state index contributed by atoms with van der Waals surface area (Å²) >= 11 is 0. The fourth-order valence-corrected chi connectivity index (χ4v) is 3.61. The molecule has 0 fully saturated rings. The van der Waals surface area contributed by atoms with Gasteiger partial charge in [-0.15, -0.1) is 0 Å². The summed E-state index contributed by atoms with van der Waals surface area (Å²) in [5, 5.41) is 0.367. The van der Waals surface area contributed by atoms with E-state index in [0.717, 1.165) is 5.56 Å². The van der Waals surface area contributed by atoms with Gasteiger partial charge >= 0.3 is 85.5 Å². The summed E-state index contributed by atoms with van der Waals surface area (Å²) in [6, 6.07) is 9.50. The summed E-state index contributed by atoms with van der Waals surface area (Å²) in [5.41, 5.74) is 0.972. The Hall–Kier alpha value is 0.582. The third-order valence-electron chi connectivity index (χ3n) is 1.26. The van der Waals surface area contributed by atoms with Crippen LogP contribution in [0.15, 0.2) is 30.3 Å². The first-order chi connectivity index (χ1) is 5.33. The number of nitrogens with two attached hydrogens (primary N) is 1. The van der Waals surface area contributed by atoms with Gasteiger partial charge in [-0.3, -0.25) is 0 Å². The fraction of sp³-hybridized carbons (Fsp3) is 0.143. The molecule has 1 nitrogen and oxygen atoms in total.